The van der Waals surface area contributed by atoms with Crippen LogP contribution in [-0.2, 0) is 19.1 Å². The largest absolute Gasteiger partial charge is 0.509 e. The van der Waals surface area contributed by atoms with E-state index in [-0.39, 0.29) is 35.7 Å². The van der Waals surface area contributed by atoms with Gasteiger partial charge in [-0.1, -0.05) is 40.7 Å². The standard InChI is InChI=1S/C32H42F2O7/c1-16-11-19-20-13-22(33)21-12-18(35)8-10-29(21,5)31(20,34)23(36)15-30(19,6)32(16,25(37)38)41-26(39)40-24-27(2,3)17-7-9-28(24,4)14-17/h8,10,12,16-17,19-20,22-24,36H,7,9,11,13-15H2,1-6H3,(H,37,38)/t16-,17+,19+,20+,22+,23+,24+,28-,29+,30+,31?,32-/m1/s1. The maximum Gasteiger partial charge on any atom is 0.509 e. The molecule has 1 unspecified atom stereocenters. The molecule has 2 N–H and O–H groups in total. The van der Waals surface area contributed by atoms with E-state index in [4.69, 9.17) is 9.47 Å². The number of hydrogen-bond donors (Lipinski definition) is 2. The first-order valence-electron chi connectivity index (χ1n) is 15.0. The zero-order valence-electron chi connectivity index (χ0n) is 24.7. The van der Waals surface area contributed by atoms with Crippen molar-refractivity contribution in [3.05, 3.63) is 23.8 Å². The third kappa shape index (κ3) is 3.30. The Labute approximate surface area is 239 Å². The van der Waals surface area contributed by atoms with Crippen LogP contribution in [0.1, 0.15) is 80.1 Å². The minimum atomic E-state index is -2.35. The van der Waals surface area contributed by atoms with E-state index in [1.807, 2.05) is 0 Å². The molecule has 7 nitrogen and oxygen atoms in total. The number of ketones is 1. The number of hydrogen-bond acceptors (Lipinski definition) is 6. The fourth-order valence-electron chi connectivity index (χ4n) is 11.0. The minimum Gasteiger partial charge on any atom is -0.478 e. The number of rotatable bonds is 3. The number of halogens is 2. The molecule has 6 aliphatic rings. The quantitative estimate of drug-likeness (QED) is 0.412. The van der Waals surface area contributed by atoms with Crippen LogP contribution in [0, 0.1) is 45.3 Å². The molecular formula is C32H42F2O7. The molecule has 6 aliphatic carbocycles. The summed E-state index contributed by atoms with van der Waals surface area (Å²) in [6, 6.07) is 0. The molecule has 5 saturated carbocycles. The van der Waals surface area contributed by atoms with Gasteiger partial charge in [-0.3, -0.25) is 4.79 Å². The first-order valence-corrected chi connectivity index (χ1v) is 15.0. The van der Waals surface area contributed by atoms with Gasteiger partial charge in [0.25, 0.3) is 0 Å². The van der Waals surface area contributed by atoms with Gasteiger partial charge in [-0.25, -0.2) is 18.4 Å². The molecule has 0 radical (unpaired) electrons. The maximum atomic E-state index is 17.5. The highest BCUT2D eigenvalue weighted by molar-refractivity contribution is 6.01. The summed E-state index contributed by atoms with van der Waals surface area (Å²) < 4.78 is 45.1. The van der Waals surface area contributed by atoms with Crippen molar-refractivity contribution >= 4 is 17.9 Å². The van der Waals surface area contributed by atoms with Crippen molar-refractivity contribution in [1.29, 1.82) is 0 Å². The van der Waals surface area contributed by atoms with Gasteiger partial charge in [0, 0.05) is 33.5 Å². The van der Waals surface area contributed by atoms with Crippen LogP contribution < -0.4 is 0 Å². The van der Waals surface area contributed by atoms with E-state index in [1.54, 1.807) is 13.8 Å². The summed E-state index contributed by atoms with van der Waals surface area (Å²) >= 11 is 0. The number of carbonyl (C=O) groups is 3. The van der Waals surface area contributed by atoms with E-state index in [1.165, 1.54) is 19.1 Å². The normalized spacial score (nSPS) is 52.8. The summed E-state index contributed by atoms with van der Waals surface area (Å²) in [5, 5.41) is 22.3. The van der Waals surface area contributed by atoms with Crippen LogP contribution in [0.3, 0.4) is 0 Å². The van der Waals surface area contributed by atoms with Gasteiger partial charge in [0.1, 0.15) is 12.3 Å². The first-order chi connectivity index (χ1) is 18.9. The molecule has 0 aromatic heterocycles. The smallest absolute Gasteiger partial charge is 0.478 e. The van der Waals surface area contributed by atoms with E-state index in [2.05, 4.69) is 20.8 Å². The number of aliphatic carboxylic acids is 1. The Morgan fingerprint density at radius 2 is 1.76 bits per heavy atom. The molecule has 0 amide bonds. The highest BCUT2D eigenvalue weighted by Crippen LogP contribution is 2.72. The summed E-state index contributed by atoms with van der Waals surface area (Å²) in [5.74, 6) is -3.97. The third-order valence-corrected chi connectivity index (χ3v) is 13.1. The topological polar surface area (TPSA) is 110 Å². The average molecular weight is 577 g/mol. The number of carboxylic acids is 1. The summed E-state index contributed by atoms with van der Waals surface area (Å²) in [6.45, 7) is 11.0. The van der Waals surface area contributed by atoms with E-state index >= 15 is 8.78 Å². The van der Waals surface area contributed by atoms with Crippen LogP contribution in [0.2, 0.25) is 0 Å². The Balaban J connectivity index is 1.36. The molecule has 2 bridgehead atoms. The van der Waals surface area contributed by atoms with E-state index in [0.29, 0.717) is 5.92 Å². The predicted molar refractivity (Wildman–Crippen MR) is 144 cm³/mol. The molecule has 226 valence electrons. The van der Waals surface area contributed by atoms with Crippen LogP contribution in [-0.4, -0.2) is 57.8 Å². The first kappa shape index (κ1) is 28.8. The van der Waals surface area contributed by atoms with Crippen molar-refractivity contribution in [3.63, 3.8) is 0 Å². The lowest BCUT2D eigenvalue weighted by atomic mass is 9.44. The Hall–Kier alpha value is -2.29. The Morgan fingerprint density at radius 3 is 2.37 bits per heavy atom. The number of fused-ring (bicyclic) bond motifs is 7. The second kappa shape index (κ2) is 8.42. The van der Waals surface area contributed by atoms with E-state index in [9.17, 15) is 24.6 Å². The van der Waals surface area contributed by atoms with Gasteiger partial charge >= 0.3 is 12.1 Å². The van der Waals surface area contributed by atoms with Gasteiger partial charge in [0.2, 0.25) is 5.60 Å². The summed E-state index contributed by atoms with van der Waals surface area (Å²) in [7, 11) is 0. The van der Waals surface area contributed by atoms with Crippen LogP contribution in [0.25, 0.3) is 0 Å². The summed E-state index contributed by atoms with van der Waals surface area (Å²) in [4.78, 5) is 38.8. The lowest BCUT2D eigenvalue weighted by molar-refractivity contribution is -0.233. The number of aliphatic hydroxyl groups is 1. The lowest BCUT2D eigenvalue weighted by Gasteiger charge is -2.62. The number of carboxylic acid groups (broad SMARTS) is 1. The van der Waals surface area contributed by atoms with Gasteiger partial charge in [0.15, 0.2) is 11.5 Å². The fourth-order valence-corrected chi connectivity index (χ4v) is 11.0. The molecule has 41 heavy (non-hydrogen) atoms. The Morgan fingerprint density at radius 1 is 1.07 bits per heavy atom. The molecule has 0 saturated heterocycles. The van der Waals surface area contributed by atoms with Crippen molar-refractivity contribution < 1.29 is 42.9 Å². The van der Waals surface area contributed by atoms with Crippen molar-refractivity contribution in [3.8, 4) is 0 Å². The zero-order valence-corrected chi connectivity index (χ0v) is 24.7. The molecule has 0 aliphatic heterocycles. The molecule has 5 fully saturated rings. The Bertz CT molecular complexity index is 1270. The molecule has 0 heterocycles. The van der Waals surface area contributed by atoms with Crippen LogP contribution in [0.5, 0.6) is 0 Å². The molecule has 0 aromatic rings. The van der Waals surface area contributed by atoms with Gasteiger partial charge in [-0.2, -0.15) is 0 Å². The van der Waals surface area contributed by atoms with Gasteiger partial charge < -0.3 is 19.7 Å². The molecular weight excluding hydrogens is 534 g/mol. The lowest BCUT2D eigenvalue weighted by Crippen LogP contribution is -2.71. The SMILES string of the molecule is C[C@@H]1C[C@H]2[C@@H]3C[C@H](F)C4=CC(=O)C=C[C@]4(C)C3(F)[C@@H](O)C[C@]2(C)[C@]1(OC(=O)O[C@H]1C(C)(C)[C@H]2CC[C@]1(C)C2)C(=O)O. The van der Waals surface area contributed by atoms with E-state index in [0.717, 1.165) is 25.3 Å². The number of alkyl halides is 2. The van der Waals surface area contributed by atoms with Crippen LogP contribution in [0.4, 0.5) is 13.6 Å². The number of aliphatic hydroxyl groups excluding tert-OH is 1. The van der Waals surface area contributed by atoms with Gasteiger partial charge in [-0.05, 0) is 75.0 Å². The monoisotopic (exact) mass is 576 g/mol. The van der Waals surface area contributed by atoms with Crippen molar-refractivity contribution in [1.82, 2.24) is 0 Å². The third-order valence-electron chi connectivity index (χ3n) is 13.1. The second-order valence-corrected chi connectivity index (χ2v) is 15.3. The predicted octanol–water partition coefficient (Wildman–Crippen LogP) is 5.74. The molecule has 6 rings (SSSR count). The Kier molecular flexibility index (Phi) is 5.91. The second-order valence-electron chi connectivity index (χ2n) is 15.3. The van der Waals surface area contributed by atoms with Crippen LogP contribution >= 0.6 is 0 Å². The number of carbonyl (C=O) groups excluding carboxylic acids is 2. The number of allylic oxidation sites excluding steroid dienone is 4. The van der Waals surface area contributed by atoms with Crippen molar-refractivity contribution in [2.24, 2.45) is 45.3 Å². The fraction of sp³-hybridized carbons (Fsp3) is 0.781. The highest BCUT2D eigenvalue weighted by atomic mass is 19.1. The average Bonchev–Trinajstić information content (AvgIpc) is 3.44. The van der Waals surface area contributed by atoms with Crippen molar-refractivity contribution in [2.75, 3.05) is 0 Å². The van der Waals surface area contributed by atoms with Crippen LogP contribution in [0.15, 0.2) is 23.8 Å². The van der Waals surface area contributed by atoms with Crippen molar-refractivity contribution in [2.45, 2.75) is 110 Å². The summed E-state index contributed by atoms with van der Waals surface area (Å²) in [5.41, 5.74) is -7.96. The molecule has 0 aromatic carbocycles. The number of ether oxygens (including phenoxy) is 2. The molecule has 12 atom stereocenters. The van der Waals surface area contributed by atoms with Gasteiger partial charge in [-0.15, -0.1) is 0 Å². The zero-order chi connectivity index (χ0) is 30.1. The highest BCUT2D eigenvalue weighted by Gasteiger charge is 2.79. The molecule has 0 spiro atoms. The molecule has 9 heteroatoms. The maximum absolute atomic E-state index is 17.5. The van der Waals surface area contributed by atoms with E-state index < -0.39 is 76.1 Å². The summed E-state index contributed by atoms with van der Waals surface area (Å²) in [6.07, 6.45) is 1.25. The van der Waals surface area contributed by atoms with Gasteiger partial charge in [0.05, 0.1) is 6.10 Å². The minimum absolute atomic E-state index is 0.00347.